The minimum atomic E-state index is 0.187. The Labute approximate surface area is 96.8 Å². The summed E-state index contributed by atoms with van der Waals surface area (Å²) in [4.78, 5) is 11.4. The third kappa shape index (κ3) is 6.05. The fraction of sp³-hybridized carbons (Fsp3) is 0.909. The molecular formula is C11H22N2OS. The Morgan fingerprint density at radius 3 is 2.73 bits per heavy atom. The van der Waals surface area contributed by atoms with Crippen LogP contribution in [0.2, 0.25) is 0 Å². The van der Waals surface area contributed by atoms with Gasteiger partial charge in [0, 0.05) is 11.8 Å². The molecular weight excluding hydrogens is 208 g/mol. The molecule has 0 aliphatic carbocycles. The lowest BCUT2D eigenvalue weighted by atomic mass is 10.2. The van der Waals surface area contributed by atoms with Crippen molar-refractivity contribution < 1.29 is 4.79 Å². The van der Waals surface area contributed by atoms with Gasteiger partial charge in [-0.3, -0.25) is 4.79 Å². The molecule has 1 fully saturated rings. The van der Waals surface area contributed by atoms with Crippen molar-refractivity contribution in [2.24, 2.45) is 5.92 Å². The van der Waals surface area contributed by atoms with Crippen LogP contribution in [0.3, 0.4) is 0 Å². The Kier molecular flexibility index (Phi) is 6.10. The normalized spacial score (nSPS) is 18.1. The van der Waals surface area contributed by atoms with Crippen molar-refractivity contribution >= 4 is 17.7 Å². The fourth-order valence-corrected chi connectivity index (χ4v) is 2.58. The van der Waals surface area contributed by atoms with Crippen LogP contribution in [0.5, 0.6) is 0 Å². The Balaban J connectivity index is 2.05. The van der Waals surface area contributed by atoms with Gasteiger partial charge in [0.2, 0.25) is 5.91 Å². The summed E-state index contributed by atoms with van der Waals surface area (Å²) in [5, 5.41) is 6.95. The molecule has 0 aromatic carbocycles. The average Bonchev–Trinajstić information content (AvgIpc) is 2.25. The molecule has 1 aliphatic rings. The number of nitrogens with one attached hydrogen (secondary N) is 2. The minimum absolute atomic E-state index is 0.187. The molecule has 88 valence electrons. The molecule has 1 amide bonds. The highest BCUT2D eigenvalue weighted by molar-refractivity contribution is 8.00. The van der Waals surface area contributed by atoms with Crippen molar-refractivity contribution in [1.29, 1.82) is 0 Å². The van der Waals surface area contributed by atoms with E-state index in [2.05, 4.69) is 24.5 Å². The molecule has 0 atom stereocenters. The number of rotatable bonds is 5. The molecule has 1 rings (SSSR count). The Morgan fingerprint density at radius 2 is 2.13 bits per heavy atom. The molecule has 0 aromatic heterocycles. The third-order valence-corrected chi connectivity index (χ3v) is 3.82. The van der Waals surface area contributed by atoms with Crippen molar-refractivity contribution in [3.05, 3.63) is 0 Å². The number of amides is 1. The molecule has 0 unspecified atom stereocenters. The van der Waals surface area contributed by atoms with Gasteiger partial charge in [-0.15, -0.1) is 11.8 Å². The van der Waals surface area contributed by atoms with E-state index < -0.39 is 0 Å². The first-order chi connectivity index (χ1) is 7.18. The van der Waals surface area contributed by atoms with Gasteiger partial charge >= 0.3 is 0 Å². The monoisotopic (exact) mass is 230 g/mol. The number of hydrogen-bond acceptors (Lipinski definition) is 3. The molecule has 2 N–H and O–H groups in total. The Hall–Kier alpha value is -0.220. The van der Waals surface area contributed by atoms with Crippen molar-refractivity contribution in [2.75, 3.05) is 25.4 Å². The number of carbonyl (C=O) groups is 1. The van der Waals surface area contributed by atoms with Gasteiger partial charge in [-0.05, 0) is 31.8 Å². The van der Waals surface area contributed by atoms with Gasteiger partial charge in [0.05, 0.1) is 5.75 Å². The zero-order valence-corrected chi connectivity index (χ0v) is 10.5. The smallest absolute Gasteiger partial charge is 0.230 e. The van der Waals surface area contributed by atoms with Crippen LogP contribution >= 0.6 is 11.8 Å². The molecule has 0 spiro atoms. The summed E-state index contributed by atoms with van der Waals surface area (Å²) in [6.45, 7) is 7.22. The average molecular weight is 230 g/mol. The van der Waals surface area contributed by atoms with Crippen molar-refractivity contribution in [3.8, 4) is 0 Å². The second-order valence-corrected chi connectivity index (χ2v) is 5.75. The van der Waals surface area contributed by atoms with Crippen molar-refractivity contribution in [1.82, 2.24) is 10.6 Å². The number of thioether (sulfide) groups is 1. The first-order valence-electron chi connectivity index (χ1n) is 5.77. The number of carbonyl (C=O) groups excluding carboxylic acids is 1. The van der Waals surface area contributed by atoms with E-state index in [1.54, 1.807) is 11.8 Å². The van der Waals surface area contributed by atoms with E-state index in [1.165, 1.54) is 12.8 Å². The standard InChI is InChI=1S/C11H22N2OS/c1-9(2)7-13-11(14)8-15-10-3-5-12-6-4-10/h9-10,12H,3-8H2,1-2H3,(H,13,14). The van der Waals surface area contributed by atoms with E-state index in [0.717, 1.165) is 19.6 Å². The quantitative estimate of drug-likeness (QED) is 0.747. The van der Waals surface area contributed by atoms with Crippen LogP contribution in [-0.4, -0.2) is 36.5 Å². The molecule has 0 aromatic rings. The number of hydrogen-bond donors (Lipinski definition) is 2. The zero-order chi connectivity index (χ0) is 11.1. The molecule has 1 aliphatic heterocycles. The highest BCUT2D eigenvalue weighted by Crippen LogP contribution is 2.19. The van der Waals surface area contributed by atoms with E-state index in [1.807, 2.05) is 0 Å². The topological polar surface area (TPSA) is 41.1 Å². The lowest BCUT2D eigenvalue weighted by Gasteiger charge is -2.21. The molecule has 3 nitrogen and oxygen atoms in total. The second-order valence-electron chi connectivity index (χ2n) is 4.46. The van der Waals surface area contributed by atoms with E-state index in [4.69, 9.17) is 0 Å². The van der Waals surface area contributed by atoms with Crippen LogP contribution in [0, 0.1) is 5.92 Å². The van der Waals surface area contributed by atoms with Gasteiger partial charge in [0.25, 0.3) is 0 Å². The number of piperidine rings is 1. The summed E-state index contributed by atoms with van der Waals surface area (Å²) in [7, 11) is 0. The van der Waals surface area contributed by atoms with Crippen LogP contribution in [0.1, 0.15) is 26.7 Å². The highest BCUT2D eigenvalue weighted by Gasteiger charge is 2.14. The molecule has 0 bridgehead atoms. The molecule has 0 radical (unpaired) electrons. The Bertz CT molecular complexity index is 191. The lowest BCUT2D eigenvalue weighted by Crippen LogP contribution is -2.32. The first kappa shape index (κ1) is 12.8. The summed E-state index contributed by atoms with van der Waals surface area (Å²) in [6.07, 6.45) is 2.39. The molecule has 1 heterocycles. The van der Waals surface area contributed by atoms with E-state index >= 15 is 0 Å². The van der Waals surface area contributed by atoms with E-state index in [9.17, 15) is 4.79 Å². The third-order valence-electron chi connectivity index (χ3n) is 2.44. The van der Waals surface area contributed by atoms with Crippen molar-refractivity contribution in [2.45, 2.75) is 31.9 Å². The van der Waals surface area contributed by atoms with E-state index in [-0.39, 0.29) is 5.91 Å². The highest BCUT2D eigenvalue weighted by atomic mass is 32.2. The molecule has 4 heteroatoms. The summed E-state index contributed by atoms with van der Waals surface area (Å²) in [5.74, 6) is 1.35. The largest absolute Gasteiger partial charge is 0.355 e. The maximum atomic E-state index is 11.4. The maximum absolute atomic E-state index is 11.4. The SMILES string of the molecule is CC(C)CNC(=O)CSC1CCNCC1. The summed E-state index contributed by atoms with van der Waals surface area (Å²) < 4.78 is 0. The van der Waals surface area contributed by atoms with Gasteiger partial charge in [-0.1, -0.05) is 13.8 Å². The predicted molar refractivity (Wildman–Crippen MR) is 66.2 cm³/mol. The predicted octanol–water partition coefficient (Wildman–Crippen LogP) is 1.24. The van der Waals surface area contributed by atoms with Gasteiger partial charge in [-0.2, -0.15) is 0 Å². The van der Waals surface area contributed by atoms with Crippen LogP contribution in [0.4, 0.5) is 0 Å². The lowest BCUT2D eigenvalue weighted by molar-refractivity contribution is -0.118. The molecule has 1 saturated heterocycles. The van der Waals surface area contributed by atoms with Gasteiger partial charge in [0.15, 0.2) is 0 Å². The van der Waals surface area contributed by atoms with Gasteiger partial charge in [-0.25, -0.2) is 0 Å². The van der Waals surface area contributed by atoms with Crippen LogP contribution in [-0.2, 0) is 4.79 Å². The van der Waals surface area contributed by atoms with E-state index in [0.29, 0.717) is 16.9 Å². The Morgan fingerprint density at radius 1 is 1.47 bits per heavy atom. The van der Waals surface area contributed by atoms with Gasteiger partial charge in [0.1, 0.15) is 0 Å². The van der Waals surface area contributed by atoms with Crippen LogP contribution in [0.25, 0.3) is 0 Å². The zero-order valence-electron chi connectivity index (χ0n) is 9.71. The summed E-state index contributed by atoms with van der Waals surface area (Å²) >= 11 is 1.81. The maximum Gasteiger partial charge on any atom is 0.230 e. The second kappa shape index (κ2) is 7.12. The van der Waals surface area contributed by atoms with Gasteiger partial charge < -0.3 is 10.6 Å². The van der Waals surface area contributed by atoms with Crippen molar-refractivity contribution in [3.63, 3.8) is 0 Å². The fourth-order valence-electron chi connectivity index (χ4n) is 1.52. The minimum Gasteiger partial charge on any atom is -0.355 e. The summed E-state index contributed by atoms with van der Waals surface area (Å²) in [5.41, 5.74) is 0. The first-order valence-corrected chi connectivity index (χ1v) is 6.82. The summed E-state index contributed by atoms with van der Waals surface area (Å²) in [6, 6.07) is 0. The molecule has 0 saturated carbocycles. The van der Waals surface area contributed by atoms with Crippen LogP contribution < -0.4 is 10.6 Å². The molecule has 15 heavy (non-hydrogen) atoms. The van der Waals surface area contributed by atoms with Crippen LogP contribution in [0.15, 0.2) is 0 Å².